The highest BCUT2D eigenvalue weighted by molar-refractivity contribution is 6.31. The number of anilines is 1. The zero-order valence-electron chi connectivity index (χ0n) is 16.3. The molecule has 1 aromatic heterocycles. The van der Waals surface area contributed by atoms with Gasteiger partial charge in [-0.05, 0) is 67.4 Å². The minimum absolute atomic E-state index is 0.176. The lowest BCUT2D eigenvalue weighted by atomic mass is 10.0. The molecule has 0 amide bonds. The van der Waals surface area contributed by atoms with Crippen molar-refractivity contribution in [1.82, 2.24) is 10.2 Å². The number of hydrogen-bond acceptors (Lipinski definition) is 4. The Balaban J connectivity index is 1.77. The zero-order valence-corrected chi connectivity index (χ0v) is 17.0. The first-order chi connectivity index (χ1) is 14.4. The van der Waals surface area contributed by atoms with Gasteiger partial charge < -0.3 is 9.73 Å². The maximum atomic E-state index is 13.6. The van der Waals surface area contributed by atoms with Gasteiger partial charge in [-0.2, -0.15) is 0 Å². The largest absolute Gasteiger partial charge is 0.418 e. The lowest BCUT2D eigenvalue weighted by molar-refractivity contribution is 0.493. The predicted molar refractivity (Wildman–Crippen MR) is 112 cm³/mol. The van der Waals surface area contributed by atoms with Crippen LogP contribution in [0.5, 0.6) is 0 Å². The molecular weight excluding hydrogens is 408 g/mol. The van der Waals surface area contributed by atoms with E-state index in [0.29, 0.717) is 11.1 Å². The number of nitrogens with one attached hydrogen (secondary N) is 1. The van der Waals surface area contributed by atoms with Crippen molar-refractivity contribution in [2.45, 2.75) is 19.9 Å². The molecule has 0 saturated carbocycles. The molecule has 7 heteroatoms. The Hall–Kier alpha value is -3.25. The topological polar surface area (TPSA) is 51.0 Å². The molecule has 0 bridgehead atoms. The van der Waals surface area contributed by atoms with Crippen LogP contribution in [0.1, 0.15) is 28.6 Å². The molecule has 0 aliphatic rings. The van der Waals surface area contributed by atoms with E-state index in [-0.39, 0.29) is 16.8 Å². The van der Waals surface area contributed by atoms with E-state index in [1.165, 1.54) is 24.3 Å². The van der Waals surface area contributed by atoms with Crippen LogP contribution in [-0.2, 0) is 0 Å². The van der Waals surface area contributed by atoms with Gasteiger partial charge >= 0.3 is 0 Å². The maximum absolute atomic E-state index is 13.6. The second-order valence-electron chi connectivity index (χ2n) is 7.08. The second kappa shape index (κ2) is 8.24. The molecule has 30 heavy (non-hydrogen) atoms. The van der Waals surface area contributed by atoms with E-state index >= 15 is 0 Å². The molecular formula is C23H18ClF2N3O. The highest BCUT2D eigenvalue weighted by Gasteiger charge is 2.24. The monoisotopic (exact) mass is 425 g/mol. The van der Waals surface area contributed by atoms with E-state index in [9.17, 15) is 8.78 Å². The van der Waals surface area contributed by atoms with Gasteiger partial charge in [0, 0.05) is 21.8 Å². The Morgan fingerprint density at radius 2 is 1.63 bits per heavy atom. The van der Waals surface area contributed by atoms with E-state index < -0.39 is 17.7 Å². The highest BCUT2D eigenvalue weighted by Crippen LogP contribution is 2.33. The van der Waals surface area contributed by atoms with Crippen LogP contribution in [0.2, 0.25) is 5.02 Å². The van der Waals surface area contributed by atoms with Crippen molar-refractivity contribution in [3.8, 4) is 11.5 Å². The first kappa shape index (κ1) is 20.0. The number of halogens is 3. The summed E-state index contributed by atoms with van der Waals surface area (Å²) < 4.78 is 33.1. The molecule has 152 valence electrons. The van der Waals surface area contributed by atoms with Crippen molar-refractivity contribution in [2.24, 2.45) is 0 Å². The van der Waals surface area contributed by atoms with E-state index in [1.54, 1.807) is 18.2 Å². The molecule has 0 spiro atoms. The normalized spacial score (nSPS) is 12.0. The standard InChI is InChI=1S/C23H18ClF2N3O/c1-13-8-14(2)10-18(9-13)27-21(19-7-6-17(26)12-20(19)24)23-29-28-22(30-23)15-4-3-5-16(25)11-15/h3-12,21,27H,1-2H3/t21-/m0/s1. The average Bonchev–Trinajstić information content (AvgIpc) is 3.16. The van der Waals surface area contributed by atoms with Crippen molar-refractivity contribution >= 4 is 17.3 Å². The summed E-state index contributed by atoms with van der Waals surface area (Å²) in [6.07, 6.45) is 0. The Bertz CT molecular complexity index is 1190. The lowest BCUT2D eigenvalue weighted by Gasteiger charge is -2.19. The summed E-state index contributed by atoms with van der Waals surface area (Å²) in [4.78, 5) is 0. The molecule has 0 fully saturated rings. The van der Waals surface area contributed by atoms with Crippen molar-refractivity contribution in [3.05, 3.63) is 99.9 Å². The molecule has 4 nitrogen and oxygen atoms in total. The summed E-state index contributed by atoms with van der Waals surface area (Å²) in [6, 6.07) is 15.4. The van der Waals surface area contributed by atoms with Crippen molar-refractivity contribution < 1.29 is 13.2 Å². The SMILES string of the molecule is Cc1cc(C)cc(N[C@H](c2nnc(-c3cccc(F)c3)o2)c2ccc(F)cc2Cl)c1. The summed E-state index contributed by atoms with van der Waals surface area (Å²) in [5, 5.41) is 11.8. The van der Waals surface area contributed by atoms with Crippen LogP contribution in [0.3, 0.4) is 0 Å². The Morgan fingerprint density at radius 3 is 2.33 bits per heavy atom. The third-order valence-electron chi connectivity index (χ3n) is 4.57. The minimum Gasteiger partial charge on any atom is -0.418 e. The van der Waals surface area contributed by atoms with E-state index in [1.807, 2.05) is 26.0 Å². The maximum Gasteiger partial charge on any atom is 0.247 e. The second-order valence-corrected chi connectivity index (χ2v) is 7.48. The van der Waals surface area contributed by atoms with Crippen LogP contribution in [0.4, 0.5) is 14.5 Å². The molecule has 0 radical (unpaired) electrons. The fraction of sp³-hybridized carbons (Fsp3) is 0.130. The van der Waals surface area contributed by atoms with Crippen LogP contribution in [0, 0.1) is 25.5 Å². The fourth-order valence-electron chi connectivity index (χ4n) is 3.32. The third-order valence-corrected chi connectivity index (χ3v) is 4.89. The van der Waals surface area contributed by atoms with Crippen LogP contribution < -0.4 is 5.32 Å². The van der Waals surface area contributed by atoms with Crippen molar-refractivity contribution in [3.63, 3.8) is 0 Å². The van der Waals surface area contributed by atoms with Crippen molar-refractivity contribution in [2.75, 3.05) is 5.32 Å². The smallest absolute Gasteiger partial charge is 0.247 e. The molecule has 4 rings (SSSR count). The van der Waals surface area contributed by atoms with Gasteiger partial charge in [0.1, 0.15) is 17.7 Å². The Labute approximate surface area is 177 Å². The van der Waals surface area contributed by atoms with E-state index in [4.69, 9.17) is 16.0 Å². The van der Waals surface area contributed by atoms with Crippen molar-refractivity contribution in [1.29, 1.82) is 0 Å². The van der Waals surface area contributed by atoms with E-state index in [2.05, 4.69) is 21.6 Å². The number of benzene rings is 3. The minimum atomic E-state index is -0.630. The first-order valence-corrected chi connectivity index (χ1v) is 9.66. The summed E-state index contributed by atoms with van der Waals surface area (Å²) in [6.45, 7) is 3.99. The van der Waals surface area contributed by atoms with Crippen LogP contribution in [0.15, 0.2) is 65.1 Å². The summed E-state index contributed by atoms with van der Waals surface area (Å²) in [5.74, 6) is -0.449. The quantitative estimate of drug-likeness (QED) is 0.397. The molecule has 1 N–H and O–H groups in total. The zero-order chi connectivity index (χ0) is 21.3. The van der Waals surface area contributed by atoms with Crippen LogP contribution >= 0.6 is 11.6 Å². The Morgan fingerprint density at radius 1 is 0.900 bits per heavy atom. The highest BCUT2D eigenvalue weighted by atomic mass is 35.5. The number of hydrogen-bond donors (Lipinski definition) is 1. The van der Waals surface area contributed by atoms with Gasteiger partial charge in [-0.25, -0.2) is 8.78 Å². The van der Waals surface area contributed by atoms with Gasteiger partial charge in [0.25, 0.3) is 0 Å². The molecule has 1 atom stereocenters. The molecule has 0 aliphatic carbocycles. The fourth-order valence-corrected chi connectivity index (χ4v) is 3.60. The molecule has 3 aromatic carbocycles. The van der Waals surface area contributed by atoms with Gasteiger partial charge in [-0.15, -0.1) is 10.2 Å². The number of rotatable bonds is 5. The molecule has 1 heterocycles. The van der Waals surface area contributed by atoms with Crippen LogP contribution in [0.25, 0.3) is 11.5 Å². The predicted octanol–water partition coefficient (Wildman–Crippen LogP) is 6.49. The number of aromatic nitrogens is 2. The summed E-state index contributed by atoms with van der Waals surface area (Å²) >= 11 is 6.33. The summed E-state index contributed by atoms with van der Waals surface area (Å²) in [5.41, 5.74) is 4.01. The molecule has 0 aliphatic heterocycles. The van der Waals surface area contributed by atoms with Gasteiger partial charge in [-0.1, -0.05) is 29.8 Å². The molecule has 0 unspecified atom stereocenters. The van der Waals surface area contributed by atoms with E-state index in [0.717, 1.165) is 16.8 Å². The number of nitrogens with zero attached hydrogens (tertiary/aromatic N) is 2. The van der Waals surface area contributed by atoms with Gasteiger partial charge in [0.05, 0.1) is 0 Å². The van der Waals surface area contributed by atoms with Crippen LogP contribution in [-0.4, -0.2) is 10.2 Å². The molecule has 4 aromatic rings. The lowest BCUT2D eigenvalue weighted by Crippen LogP contribution is -2.14. The summed E-state index contributed by atoms with van der Waals surface area (Å²) in [7, 11) is 0. The molecule has 0 saturated heterocycles. The third kappa shape index (κ3) is 4.33. The van der Waals surface area contributed by atoms with Gasteiger partial charge in [0.2, 0.25) is 11.8 Å². The first-order valence-electron chi connectivity index (χ1n) is 9.28. The van der Waals surface area contributed by atoms with Gasteiger partial charge in [-0.3, -0.25) is 0 Å². The number of aryl methyl sites for hydroxylation is 2. The Kier molecular flexibility index (Phi) is 5.50. The van der Waals surface area contributed by atoms with Gasteiger partial charge in [0.15, 0.2) is 0 Å². The average molecular weight is 426 g/mol.